The van der Waals surface area contributed by atoms with Crippen molar-refractivity contribution < 1.29 is 9.32 Å². The van der Waals surface area contributed by atoms with Crippen molar-refractivity contribution in [3.8, 4) is 0 Å². The van der Waals surface area contributed by atoms with Crippen molar-refractivity contribution in [1.82, 2.24) is 20.3 Å². The first-order valence-corrected chi connectivity index (χ1v) is 7.47. The number of piperidine rings is 1. The van der Waals surface area contributed by atoms with Crippen LogP contribution in [0.4, 0.5) is 0 Å². The van der Waals surface area contributed by atoms with E-state index in [-0.39, 0.29) is 11.9 Å². The largest absolute Gasteiger partial charge is 0.361 e. The summed E-state index contributed by atoms with van der Waals surface area (Å²) >= 11 is 0. The maximum absolute atomic E-state index is 12.7. The van der Waals surface area contributed by atoms with Gasteiger partial charge in [0.25, 0.3) is 5.91 Å². The number of H-pyrrole nitrogens is 1. The van der Waals surface area contributed by atoms with E-state index in [1.807, 2.05) is 18.7 Å². The van der Waals surface area contributed by atoms with Crippen molar-refractivity contribution in [2.75, 3.05) is 6.54 Å². The Labute approximate surface area is 123 Å². The second-order valence-corrected chi connectivity index (χ2v) is 5.51. The zero-order chi connectivity index (χ0) is 14.8. The predicted octanol–water partition coefficient (Wildman–Crippen LogP) is 2.64. The van der Waals surface area contributed by atoms with Crippen LogP contribution in [0.3, 0.4) is 0 Å². The van der Waals surface area contributed by atoms with E-state index in [2.05, 4.69) is 15.4 Å². The number of aromatic nitrogens is 3. The quantitative estimate of drug-likeness (QED) is 0.942. The number of likely N-dealkylation sites (tertiary alicyclic amines) is 1. The first kappa shape index (κ1) is 13.9. The summed E-state index contributed by atoms with van der Waals surface area (Å²) in [5.74, 6) is 0.682. The molecular weight excluding hydrogens is 268 g/mol. The molecule has 1 saturated heterocycles. The van der Waals surface area contributed by atoms with E-state index in [9.17, 15) is 4.79 Å². The molecule has 0 spiro atoms. The number of hydrogen-bond acceptors (Lipinski definition) is 4. The zero-order valence-electron chi connectivity index (χ0n) is 12.4. The van der Waals surface area contributed by atoms with Gasteiger partial charge in [-0.3, -0.25) is 9.89 Å². The number of carbonyl (C=O) groups excluding carboxylic acids is 1. The summed E-state index contributed by atoms with van der Waals surface area (Å²) in [5, 5.41) is 11.0. The summed E-state index contributed by atoms with van der Waals surface area (Å²) in [5.41, 5.74) is 2.52. The number of nitrogens with one attached hydrogen (secondary N) is 1. The molecule has 2 aromatic rings. The Morgan fingerprint density at radius 2 is 2.38 bits per heavy atom. The molecule has 1 amide bonds. The van der Waals surface area contributed by atoms with Crippen LogP contribution >= 0.6 is 0 Å². The van der Waals surface area contributed by atoms with Crippen LogP contribution in [0.25, 0.3) is 0 Å². The molecule has 0 radical (unpaired) electrons. The highest BCUT2D eigenvalue weighted by Gasteiger charge is 2.32. The molecule has 3 rings (SSSR count). The Morgan fingerprint density at radius 3 is 3.05 bits per heavy atom. The molecule has 1 fully saturated rings. The van der Waals surface area contributed by atoms with E-state index < -0.39 is 0 Å². The monoisotopic (exact) mass is 288 g/mol. The van der Waals surface area contributed by atoms with Crippen LogP contribution in [0.15, 0.2) is 16.8 Å². The highest BCUT2D eigenvalue weighted by atomic mass is 16.5. The second-order valence-electron chi connectivity index (χ2n) is 5.51. The third-order valence-electron chi connectivity index (χ3n) is 4.09. The highest BCUT2D eigenvalue weighted by molar-refractivity contribution is 5.92. The van der Waals surface area contributed by atoms with Crippen LogP contribution in [0.1, 0.15) is 59.7 Å². The van der Waals surface area contributed by atoms with Gasteiger partial charge in [-0.05, 0) is 31.7 Å². The van der Waals surface area contributed by atoms with E-state index in [0.717, 1.165) is 49.2 Å². The molecule has 0 bridgehead atoms. The maximum atomic E-state index is 12.7. The minimum absolute atomic E-state index is 0.0514. The van der Waals surface area contributed by atoms with Crippen molar-refractivity contribution in [1.29, 1.82) is 0 Å². The Bertz CT molecular complexity index is 631. The molecule has 0 aromatic carbocycles. The lowest BCUT2D eigenvalue weighted by molar-refractivity contribution is 0.0594. The van der Waals surface area contributed by atoms with Gasteiger partial charge in [-0.2, -0.15) is 5.10 Å². The fourth-order valence-corrected chi connectivity index (χ4v) is 2.90. The van der Waals surface area contributed by atoms with Crippen LogP contribution in [-0.4, -0.2) is 32.7 Å². The van der Waals surface area contributed by atoms with Gasteiger partial charge in [0, 0.05) is 19.0 Å². The van der Waals surface area contributed by atoms with Crippen molar-refractivity contribution in [3.63, 3.8) is 0 Å². The van der Waals surface area contributed by atoms with Gasteiger partial charge in [-0.25, -0.2) is 0 Å². The molecule has 1 aliphatic rings. The Morgan fingerprint density at radius 1 is 1.52 bits per heavy atom. The first-order valence-electron chi connectivity index (χ1n) is 7.47. The Hall–Kier alpha value is -2.11. The van der Waals surface area contributed by atoms with E-state index in [4.69, 9.17) is 4.52 Å². The zero-order valence-corrected chi connectivity index (χ0v) is 12.4. The molecule has 1 unspecified atom stereocenters. The second kappa shape index (κ2) is 5.71. The smallest absolute Gasteiger partial charge is 0.276 e. The number of amides is 1. The fourth-order valence-electron chi connectivity index (χ4n) is 2.90. The number of hydrogen-bond donors (Lipinski definition) is 1. The first-order chi connectivity index (χ1) is 10.2. The normalized spacial score (nSPS) is 19.0. The summed E-state index contributed by atoms with van der Waals surface area (Å²) in [6.45, 7) is 4.74. The molecule has 3 heterocycles. The number of aryl methyl sites for hydroxylation is 2. The summed E-state index contributed by atoms with van der Waals surface area (Å²) in [7, 11) is 0. The van der Waals surface area contributed by atoms with Crippen LogP contribution in [0.2, 0.25) is 0 Å². The van der Waals surface area contributed by atoms with Gasteiger partial charge in [0.1, 0.15) is 5.76 Å². The summed E-state index contributed by atoms with van der Waals surface area (Å²) in [6.07, 6.45) is 5.63. The van der Waals surface area contributed by atoms with Crippen LogP contribution in [0, 0.1) is 6.92 Å². The van der Waals surface area contributed by atoms with Gasteiger partial charge in [-0.15, -0.1) is 0 Å². The molecule has 0 aliphatic carbocycles. The summed E-state index contributed by atoms with van der Waals surface area (Å²) < 4.78 is 5.16. The van der Waals surface area contributed by atoms with Crippen molar-refractivity contribution >= 4 is 5.91 Å². The third kappa shape index (κ3) is 2.57. The lowest BCUT2D eigenvalue weighted by atomic mass is 9.97. The molecule has 1 N–H and O–H groups in total. The lowest BCUT2D eigenvalue weighted by Crippen LogP contribution is -2.39. The van der Waals surface area contributed by atoms with Gasteiger partial charge in [0.05, 0.1) is 17.9 Å². The lowest BCUT2D eigenvalue weighted by Gasteiger charge is -2.35. The van der Waals surface area contributed by atoms with E-state index in [1.54, 1.807) is 12.3 Å². The number of aromatic amines is 1. The molecule has 112 valence electrons. The third-order valence-corrected chi connectivity index (χ3v) is 4.09. The average Bonchev–Trinajstić information content (AvgIpc) is 3.15. The van der Waals surface area contributed by atoms with E-state index >= 15 is 0 Å². The predicted molar refractivity (Wildman–Crippen MR) is 76.8 cm³/mol. The fraction of sp³-hybridized carbons (Fsp3) is 0.533. The van der Waals surface area contributed by atoms with Gasteiger partial charge < -0.3 is 9.42 Å². The minimum atomic E-state index is -0.0582. The molecule has 1 atom stereocenters. The van der Waals surface area contributed by atoms with E-state index in [0.29, 0.717) is 5.69 Å². The highest BCUT2D eigenvalue weighted by Crippen LogP contribution is 2.32. The van der Waals surface area contributed by atoms with Crippen molar-refractivity contribution in [3.05, 3.63) is 35.0 Å². The van der Waals surface area contributed by atoms with Crippen molar-refractivity contribution in [2.45, 2.75) is 45.6 Å². The Balaban J connectivity index is 1.87. The maximum Gasteiger partial charge on any atom is 0.276 e. The molecule has 21 heavy (non-hydrogen) atoms. The van der Waals surface area contributed by atoms with Crippen molar-refractivity contribution in [2.24, 2.45) is 0 Å². The number of rotatable bonds is 3. The van der Waals surface area contributed by atoms with Gasteiger partial charge in [0.2, 0.25) is 0 Å². The molecule has 0 saturated carbocycles. The molecular formula is C15H20N4O2. The van der Waals surface area contributed by atoms with Crippen LogP contribution in [-0.2, 0) is 6.42 Å². The number of carbonyl (C=O) groups is 1. The van der Waals surface area contributed by atoms with Crippen LogP contribution < -0.4 is 0 Å². The Kier molecular flexibility index (Phi) is 3.77. The van der Waals surface area contributed by atoms with Crippen LogP contribution in [0.5, 0.6) is 0 Å². The summed E-state index contributed by atoms with van der Waals surface area (Å²) in [4.78, 5) is 14.6. The van der Waals surface area contributed by atoms with Gasteiger partial charge in [0.15, 0.2) is 5.69 Å². The average molecular weight is 288 g/mol. The van der Waals surface area contributed by atoms with Gasteiger partial charge >= 0.3 is 0 Å². The summed E-state index contributed by atoms with van der Waals surface area (Å²) in [6, 6.07) is 1.80. The molecule has 6 heteroatoms. The minimum Gasteiger partial charge on any atom is -0.361 e. The molecule has 6 nitrogen and oxygen atoms in total. The SMILES string of the molecule is CCc1cc(C(=O)N2CCCCC2c2[nH]ncc2C)no1. The standard InChI is InChI=1S/C15H20N4O2/c1-3-11-8-12(18-21-11)15(20)19-7-5-4-6-13(19)14-10(2)9-16-17-14/h8-9,13H,3-7H2,1-2H3,(H,16,17). The molecule has 2 aromatic heterocycles. The number of nitrogens with zero attached hydrogens (tertiary/aromatic N) is 3. The van der Waals surface area contributed by atoms with E-state index in [1.165, 1.54) is 0 Å². The van der Waals surface area contributed by atoms with Gasteiger partial charge in [-0.1, -0.05) is 12.1 Å². The molecule has 1 aliphatic heterocycles. The topological polar surface area (TPSA) is 75.0 Å².